The lowest BCUT2D eigenvalue weighted by molar-refractivity contribution is 0.0603. The number of rotatable bonds is 1. The van der Waals surface area contributed by atoms with Crippen LogP contribution in [0.1, 0.15) is 21.7 Å². The Morgan fingerprint density at radius 1 is 1.62 bits per heavy atom. The molecule has 0 radical (unpaired) electrons. The van der Waals surface area contributed by atoms with E-state index in [0.717, 1.165) is 5.69 Å². The first kappa shape index (κ1) is 10.1. The molecule has 16 heavy (non-hydrogen) atoms. The summed E-state index contributed by atoms with van der Waals surface area (Å²) in [5.74, 6) is -0.503. The molecular formula is C10H8N4O2. The Morgan fingerprint density at radius 2 is 2.38 bits per heavy atom. The first-order valence-electron chi connectivity index (χ1n) is 4.50. The number of aryl methyl sites for hydroxylation is 1. The number of ether oxygens (including phenoxy) is 1. The molecule has 2 aromatic heterocycles. The van der Waals surface area contributed by atoms with Crippen LogP contribution in [-0.2, 0) is 4.74 Å². The van der Waals surface area contributed by atoms with Crippen LogP contribution in [0.25, 0.3) is 5.52 Å². The van der Waals surface area contributed by atoms with Gasteiger partial charge in [0.2, 0.25) is 0 Å². The smallest absolute Gasteiger partial charge is 0.340 e. The molecule has 6 heteroatoms. The monoisotopic (exact) mass is 216 g/mol. The van der Waals surface area contributed by atoms with Gasteiger partial charge in [-0.25, -0.2) is 14.3 Å². The fraction of sp³-hybridized carbons (Fsp3) is 0.200. The molecule has 80 valence electrons. The Balaban J connectivity index is 2.86. The Hall–Kier alpha value is -2.42. The van der Waals surface area contributed by atoms with Gasteiger partial charge in [0.25, 0.3) is 0 Å². The molecule has 0 amide bonds. The summed E-state index contributed by atoms with van der Waals surface area (Å²) in [7, 11) is 1.29. The number of fused-ring (bicyclic) bond motifs is 1. The fourth-order valence-corrected chi connectivity index (χ4v) is 1.55. The summed E-state index contributed by atoms with van der Waals surface area (Å²) in [4.78, 5) is 15.3. The number of methoxy groups -OCH3 is 1. The minimum absolute atomic E-state index is 0.156. The van der Waals surface area contributed by atoms with Gasteiger partial charge in [-0.05, 0) is 13.0 Å². The van der Waals surface area contributed by atoms with E-state index in [-0.39, 0.29) is 5.69 Å². The van der Waals surface area contributed by atoms with Gasteiger partial charge in [-0.2, -0.15) is 10.4 Å². The molecule has 0 fully saturated rings. The number of nitrogens with zero attached hydrogens (tertiary/aromatic N) is 4. The van der Waals surface area contributed by atoms with Crippen molar-refractivity contribution in [3.63, 3.8) is 0 Å². The highest BCUT2D eigenvalue weighted by Gasteiger charge is 2.18. The van der Waals surface area contributed by atoms with Crippen LogP contribution in [0.3, 0.4) is 0 Å². The summed E-state index contributed by atoms with van der Waals surface area (Å²) in [6.07, 6.45) is 1.28. The third-order valence-electron chi connectivity index (χ3n) is 2.24. The molecule has 0 aliphatic heterocycles. The van der Waals surface area contributed by atoms with Crippen molar-refractivity contribution < 1.29 is 9.53 Å². The summed E-state index contributed by atoms with van der Waals surface area (Å²) in [6, 6.07) is 3.54. The molecule has 0 bridgehead atoms. The maximum Gasteiger partial charge on any atom is 0.340 e. The molecule has 0 aliphatic rings. The zero-order valence-corrected chi connectivity index (χ0v) is 8.76. The van der Waals surface area contributed by atoms with E-state index in [4.69, 9.17) is 5.26 Å². The van der Waals surface area contributed by atoms with Crippen molar-refractivity contribution in [1.82, 2.24) is 14.6 Å². The molecule has 0 aliphatic carbocycles. The number of hydrogen-bond donors (Lipinski definition) is 0. The van der Waals surface area contributed by atoms with Crippen molar-refractivity contribution in [2.75, 3.05) is 7.11 Å². The van der Waals surface area contributed by atoms with Crippen LogP contribution in [0.2, 0.25) is 0 Å². The van der Waals surface area contributed by atoms with E-state index in [1.54, 1.807) is 13.0 Å². The molecule has 0 saturated heterocycles. The largest absolute Gasteiger partial charge is 0.465 e. The molecule has 0 saturated carbocycles. The number of aromatic nitrogens is 3. The topological polar surface area (TPSA) is 80.3 Å². The van der Waals surface area contributed by atoms with Gasteiger partial charge in [-0.15, -0.1) is 0 Å². The summed E-state index contributed by atoms with van der Waals surface area (Å²) >= 11 is 0. The van der Waals surface area contributed by atoms with E-state index in [1.807, 2.05) is 6.07 Å². The lowest BCUT2D eigenvalue weighted by atomic mass is 10.2. The van der Waals surface area contributed by atoms with Crippen LogP contribution in [-0.4, -0.2) is 27.7 Å². The first-order chi connectivity index (χ1) is 7.69. The minimum Gasteiger partial charge on any atom is -0.465 e. The van der Waals surface area contributed by atoms with E-state index in [2.05, 4.69) is 14.8 Å². The highest BCUT2D eigenvalue weighted by Crippen LogP contribution is 2.18. The van der Waals surface area contributed by atoms with Gasteiger partial charge in [0, 0.05) is 5.69 Å². The first-order valence-corrected chi connectivity index (χ1v) is 4.50. The normalized spacial score (nSPS) is 10.1. The maximum atomic E-state index is 11.5. The lowest BCUT2D eigenvalue weighted by Crippen LogP contribution is -2.04. The van der Waals surface area contributed by atoms with E-state index in [1.165, 1.54) is 18.0 Å². The van der Waals surface area contributed by atoms with Crippen LogP contribution in [0, 0.1) is 18.3 Å². The third-order valence-corrected chi connectivity index (χ3v) is 2.24. The zero-order chi connectivity index (χ0) is 11.7. The van der Waals surface area contributed by atoms with Gasteiger partial charge >= 0.3 is 5.97 Å². The standard InChI is InChI=1S/C10H8N4O2/c1-6-3-7(10(15)16-2)9-8(4-11)12-5-13-14(6)9/h3,5H,1-2H3. The molecule has 2 rings (SSSR count). The SMILES string of the molecule is COC(=O)c1cc(C)n2ncnc(C#N)c12. The third kappa shape index (κ3) is 1.30. The Kier molecular flexibility index (Phi) is 2.29. The van der Waals surface area contributed by atoms with Crippen LogP contribution >= 0.6 is 0 Å². The minimum atomic E-state index is -0.503. The lowest BCUT2D eigenvalue weighted by Gasteiger charge is -1.99. The maximum absolute atomic E-state index is 11.5. The fourth-order valence-electron chi connectivity index (χ4n) is 1.55. The number of carbonyl (C=O) groups excluding carboxylic acids is 1. The molecule has 0 unspecified atom stereocenters. The summed E-state index contributed by atoms with van der Waals surface area (Å²) in [5, 5.41) is 12.9. The van der Waals surface area contributed by atoms with Gasteiger partial charge in [0.15, 0.2) is 5.69 Å². The second-order valence-electron chi connectivity index (χ2n) is 3.17. The van der Waals surface area contributed by atoms with Gasteiger partial charge < -0.3 is 4.74 Å². The predicted molar refractivity (Wildman–Crippen MR) is 53.8 cm³/mol. The number of hydrogen-bond acceptors (Lipinski definition) is 5. The average Bonchev–Trinajstić information content (AvgIpc) is 2.66. The Bertz CT molecular complexity index is 609. The molecule has 0 atom stereocenters. The van der Waals surface area contributed by atoms with Gasteiger partial charge in [-0.1, -0.05) is 0 Å². The average molecular weight is 216 g/mol. The van der Waals surface area contributed by atoms with E-state index >= 15 is 0 Å². The van der Waals surface area contributed by atoms with Crippen molar-refractivity contribution in [2.45, 2.75) is 6.92 Å². The molecular weight excluding hydrogens is 208 g/mol. The molecule has 0 spiro atoms. The quantitative estimate of drug-likeness (QED) is 0.655. The molecule has 0 N–H and O–H groups in total. The summed E-state index contributed by atoms with van der Waals surface area (Å²) in [6.45, 7) is 1.79. The van der Waals surface area contributed by atoms with Crippen LogP contribution in [0.15, 0.2) is 12.4 Å². The number of carbonyl (C=O) groups is 1. The summed E-state index contributed by atoms with van der Waals surface area (Å²) in [5.41, 5.74) is 1.59. The second-order valence-corrected chi connectivity index (χ2v) is 3.17. The van der Waals surface area contributed by atoms with Gasteiger partial charge in [0.05, 0.1) is 12.7 Å². The number of esters is 1. The van der Waals surface area contributed by atoms with Crippen LogP contribution in [0.4, 0.5) is 0 Å². The second kappa shape index (κ2) is 3.62. The van der Waals surface area contributed by atoms with Crippen LogP contribution in [0.5, 0.6) is 0 Å². The van der Waals surface area contributed by atoms with E-state index < -0.39 is 5.97 Å². The van der Waals surface area contributed by atoms with Crippen molar-refractivity contribution in [1.29, 1.82) is 5.26 Å². The molecule has 2 heterocycles. The molecule has 6 nitrogen and oxygen atoms in total. The highest BCUT2D eigenvalue weighted by molar-refractivity contribution is 5.98. The molecule has 2 aromatic rings. The van der Waals surface area contributed by atoms with E-state index in [9.17, 15) is 4.79 Å². The van der Waals surface area contributed by atoms with Crippen molar-refractivity contribution >= 4 is 11.5 Å². The van der Waals surface area contributed by atoms with E-state index in [0.29, 0.717) is 11.1 Å². The molecule has 0 aromatic carbocycles. The predicted octanol–water partition coefficient (Wildman–Crippen LogP) is 0.696. The van der Waals surface area contributed by atoms with Crippen molar-refractivity contribution in [3.8, 4) is 6.07 Å². The number of nitriles is 1. The van der Waals surface area contributed by atoms with Gasteiger partial charge in [-0.3, -0.25) is 0 Å². The Morgan fingerprint density at radius 3 is 3.00 bits per heavy atom. The van der Waals surface area contributed by atoms with Gasteiger partial charge in [0.1, 0.15) is 17.9 Å². The van der Waals surface area contributed by atoms with Crippen molar-refractivity contribution in [2.24, 2.45) is 0 Å². The zero-order valence-electron chi connectivity index (χ0n) is 8.76. The summed E-state index contributed by atoms with van der Waals surface area (Å²) < 4.78 is 6.14. The van der Waals surface area contributed by atoms with Crippen molar-refractivity contribution in [3.05, 3.63) is 29.3 Å². The van der Waals surface area contributed by atoms with Crippen LogP contribution < -0.4 is 0 Å². The highest BCUT2D eigenvalue weighted by atomic mass is 16.5. The Labute approximate surface area is 91.1 Å².